The van der Waals surface area contributed by atoms with Crippen LogP contribution >= 0.6 is 0 Å². The maximum atomic E-state index is 12.9. The van der Waals surface area contributed by atoms with Crippen LogP contribution in [0.2, 0.25) is 0 Å². The van der Waals surface area contributed by atoms with Crippen molar-refractivity contribution in [3.05, 3.63) is 27.6 Å². The van der Waals surface area contributed by atoms with Crippen LogP contribution in [0.15, 0.2) is 10.9 Å². The van der Waals surface area contributed by atoms with E-state index in [2.05, 4.69) is 15.7 Å². The molecule has 3 rings (SSSR count). The van der Waals surface area contributed by atoms with E-state index in [1.165, 1.54) is 16.7 Å². The fraction of sp³-hybridized carbons (Fsp3) is 0.444. The van der Waals surface area contributed by atoms with Crippen molar-refractivity contribution in [2.24, 2.45) is 5.92 Å². The molecule has 0 spiro atoms. The first-order valence-electron chi connectivity index (χ1n) is 8.88. The van der Waals surface area contributed by atoms with Gasteiger partial charge in [-0.2, -0.15) is 4.52 Å². The number of nitrogens with zero attached hydrogens (tertiary/aromatic N) is 3. The van der Waals surface area contributed by atoms with Crippen LogP contribution in [0.4, 0.5) is 5.82 Å². The van der Waals surface area contributed by atoms with E-state index >= 15 is 0 Å². The Morgan fingerprint density at radius 1 is 1.41 bits per heavy atom. The van der Waals surface area contributed by atoms with E-state index in [-0.39, 0.29) is 17.5 Å². The van der Waals surface area contributed by atoms with Crippen molar-refractivity contribution in [3.63, 3.8) is 0 Å². The second-order valence-electron chi connectivity index (χ2n) is 7.00. The lowest BCUT2D eigenvalue weighted by Crippen LogP contribution is -2.34. The van der Waals surface area contributed by atoms with Gasteiger partial charge in [0.2, 0.25) is 5.88 Å². The fourth-order valence-corrected chi connectivity index (χ4v) is 2.96. The number of amides is 1. The molecule has 1 aliphatic carbocycles. The molecule has 0 saturated heterocycles. The molecule has 2 aromatic heterocycles. The molecule has 0 radical (unpaired) electrons. The van der Waals surface area contributed by atoms with Crippen molar-refractivity contribution in [2.75, 3.05) is 12.4 Å². The van der Waals surface area contributed by atoms with Crippen molar-refractivity contribution >= 4 is 29.7 Å². The highest BCUT2D eigenvalue weighted by Gasteiger charge is 2.30. The highest BCUT2D eigenvalue weighted by molar-refractivity contribution is 5.97. The molecule has 0 unspecified atom stereocenters. The van der Waals surface area contributed by atoms with Crippen LogP contribution in [-0.2, 0) is 11.3 Å². The van der Waals surface area contributed by atoms with E-state index in [1.54, 1.807) is 7.05 Å². The first-order chi connectivity index (χ1) is 12.9. The Morgan fingerprint density at radius 2 is 2.11 bits per heavy atom. The zero-order chi connectivity index (χ0) is 19.7. The van der Waals surface area contributed by atoms with Gasteiger partial charge in [-0.3, -0.25) is 19.0 Å². The smallest absolute Gasteiger partial charge is 0.291 e. The zero-order valence-electron chi connectivity index (χ0n) is 15.5. The largest absolute Gasteiger partial charge is 0.494 e. The molecule has 27 heavy (non-hydrogen) atoms. The number of hydrogen-bond acceptors (Lipinski definition) is 6. The summed E-state index contributed by atoms with van der Waals surface area (Å²) in [5, 5.41) is 20.7. The first kappa shape index (κ1) is 18.7. The SMILES string of the molecule is CNc1nn2c(=O)c(C(=O)NC3CC3)c(O)n(CC(C)C)c2c1/C=C/C=O. The number of nitrogens with one attached hydrogen (secondary N) is 2. The second-order valence-corrected chi connectivity index (χ2v) is 7.00. The summed E-state index contributed by atoms with van der Waals surface area (Å²) in [5.41, 5.74) is -0.238. The van der Waals surface area contributed by atoms with Gasteiger partial charge in [0.15, 0.2) is 17.0 Å². The fourth-order valence-electron chi connectivity index (χ4n) is 2.96. The molecular weight excluding hydrogens is 350 g/mol. The number of hydrogen-bond donors (Lipinski definition) is 3. The molecule has 0 aliphatic heterocycles. The van der Waals surface area contributed by atoms with Gasteiger partial charge in [0.05, 0.1) is 5.56 Å². The van der Waals surface area contributed by atoms with Gasteiger partial charge in [0.1, 0.15) is 6.29 Å². The lowest BCUT2D eigenvalue weighted by molar-refractivity contribution is -0.104. The van der Waals surface area contributed by atoms with Crippen molar-refractivity contribution in [1.82, 2.24) is 19.5 Å². The molecule has 144 valence electrons. The molecule has 1 fully saturated rings. The average Bonchev–Trinajstić information content (AvgIpc) is 3.34. The predicted molar refractivity (Wildman–Crippen MR) is 101 cm³/mol. The van der Waals surface area contributed by atoms with Crippen LogP contribution in [0, 0.1) is 5.92 Å². The van der Waals surface area contributed by atoms with Crippen LogP contribution in [0.1, 0.15) is 42.6 Å². The van der Waals surface area contributed by atoms with Gasteiger partial charge in [0.25, 0.3) is 11.5 Å². The maximum Gasteiger partial charge on any atom is 0.291 e. The minimum absolute atomic E-state index is 0.0436. The molecular formula is C18H23N5O4. The standard InChI is InChI=1S/C18H23N5O4/c1-10(2)9-22-16-12(5-4-8-24)14(19-3)21-23(16)18(27)13(17(22)26)15(25)20-11-6-7-11/h4-5,8,10-11,26H,6-7,9H2,1-3H3,(H,19,21)(H,20,25)/b5-4+. The van der Waals surface area contributed by atoms with Crippen LogP contribution in [-0.4, -0.2) is 44.6 Å². The van der Waals surface area contributed by atoms with E-state index in [1.807, 2.05) is 13.8 Å². The van der Waals surface area contributed by atoms with E-state index in [4.69, 9.17) is 0 Å². The van der Waals surface area contributed by atoms with Gasteiger partial charge in [-0.1, -0.05) is 13.8 Å². The normalized spacial score (nSPS) is 14.2. The monoisotopic (exact) mass is 373 g/mol. The number of carbonyl (C=O) groups is 2. The van der Waals surface area contributed by atoms with Crippen molar-refractivity contribution < 1.29 is 14.7 Å². The third kappa shape index (κ3) is 3.44. The van der Waals surface area contributed by atoms with E-state index in [0.717, 1.165) is 17.4 Å². The highest BCUT2D eigenvalue weighted by atomic mass is 16.3. The van der Waals surface area contributed by atoms with Gasteiger partial charge >= 0.3 is 0 Å². The summed E-state index contributed by atoms with van der Waals surface area (Å²) in [4.78, 5) is 36.3. The summed E-state index contributed by atoms with van der Waals surface area (Å²) >= 11 is 0. The Morgan fingerprint density at radius 3 is 2.67 bits per heavy atom. The van der Waals surface area contributed by atoms with Crippen molar-refractivity contribution in [2.45, 2.75) is 39.3 Å². The molecule has 9 nitrogen and oxygen atoms in total. The number of aromatic hydroxyl groups is 1. The molecule has 1 saturated carbocycles. The van der Waals surface area contributed by atoms with E-state index in [9.17, 15) is 19.5 Å². The number of allylic oxidation sites excluding steroid dienone is 1. The molecule has 2 heterocycles. The summed E-state index contributed by atoms with van der Waals surface area (Å²) in [6, 6.07) is 0.0436. The maximum absolute atomic E-state index is 12.9. The molecule has 0 atom stereocenters. The molecule has 2 aromatic rings. The average molecular weight is 373 g/mol. The molecule has 0 aromatic carbocycles. The summed E-state index contributed by atoms with van der Waals surface area (Å²) in [7, 11) is 1.64. The van der Waals surface area contributed by atoms with Gasteiger partial charge < -0.3 is 15.7 Å². The van der Waals surface area contributed by atoms with Crippen LogP contribution in [0.5, 0.6) is 5.88 Å². The number of anilines is 1. The van der Waals surface area contributed by atoms with Crippen LogP contribution in [0.3, 0.4) is 0 Å². The summed E-state index contributed by atoms with van der Waals surface area (Å²) in [6.07, 6.45) is 5.14. The van der Waals surface area contributed by atoms with Crippen LogP contribution < -0.4 is 16.2 Å². The third-order valence-electron chi connectivity index (χ3n) is 4.30. The lowest BCUT2D eigenvalue weighted by atomic mass is 10.2. The van der Waals surface area contributed by atoms with Gasteiger partial charge in [-0.05, 0) is 30.9 Å². The molecule has 1 aliphatic rings. The van der Waals surface area contributed by atoms with Gasteiger partial charge in [-0.15, -0.1) is 5.10 Å². The van der Waals surface area contributed by atoms with Crippen molar-refractivity contribution in [3.8, 4) is 5.88 Å². The Bertz CT molecular complexity index is 982. The predicted octanol–water partition coefficient (Wildman–Crippen LogP) is 1.00. The number of aromatic nitrogens is 3. The minimum Gasteiger partial charge on any atom is -0.494 e. The first-order valence-corrected chi connectivity index (χ1v) is 8.88. The topological polar surface area (TPSA) is 118 Å². The molecule has 1 amide bonds. The van der Waals surface area contributed by atoms with E-state index < -0.39 is 17.3 Å². The Kier molecular flexibility index (Phi) is 5.02. The molecule has 3 N–H and O–H groups in total. The quantitative estimate of drug-likeness (QED) is 0.492. The number of rotatable bonds is 7. The minimum atomic E-state index is -0.706. The van der Waals surface area contributed by atoms with Gasteiger partial charge in [-0.25, -0.2) is 0 Å². The summed E-state index contributed by atoms with van der Waals surface area (Å²) in [5.74, 6) is -0.521. The molecule has 0 bridgehead atoms. The molecule has 9 heteroatoms. The highest BCUT2D eigenvalue weighted by Crippen LogP contribution is 2.27. The van der Waals surface area contributed by atoms with Gasteiger partial charge in [0, 0.05) is 19.6 Å². The zero-order valence-corrected chi connectivity index (χ0v) is 15.5. The second kappa shape index (κ2) is 7.26. The van der Waals surface area contributed by atoms with E-state index in [0.29, 0.717) is 29.9 Å². The number of carbonyl (C=O) groups excluding carboxylic acids is 2. The Balaban J connectivity index is 2.33. The summed E-state index contributed by atoms with van der Waals surface area (Å²) in [6.45, 7) is 4.26. The number of aldehydes is 1. The third-order valence-corrected chi connectivity index (χ3v) is 4.30. The Labute approximate surface area is 155 Å². The Hall–Kier alpha value is -3.10. The van der Waals surface area contributed by atoms with Crippen LogP contribution in [0.25, 0.3) is 11.7 Å². The lowest BCUT2D eigenvalue weighted by Gasteiger charge is -2.17. The summed E-state index contributed by atoms with van der Waals surface area (Å²) < 4.78 is 2.59. The number of fused-ring (bicyclic) bond motifs is 1. The van der Waals surface area contributed by atoms with Crippen molar-refractivity contribution in [1.29, 1.82) is 0 Å².